The number of ketones is 1. The number of imide groups is 1. The number of rotatable bonds is 3. The SMILES string of the molecule is Cc1ccc(C(=O)CN2C(=O)N[C@@]3(CCCc4ccccc43)C2=O)cc1C. The summed E-state index contributed by atoms with van der Waals surface area (Å²) in [5.74, 6) is -0.556. The number of carbonyl (C=O) groups is 3. The lowest BCUT2D eigenvalue weighted by Gasteiger charge is -2.33. The van der Waals surface area contributed by atoms with E-state index in [0.29, 0.717) is 12.0 Å². The summed E-state index contributed by atoms with van der Waals surface area (Å²) < 4.78 is 0. The Morgan fingerprint density at radius 1 is 1.11 bits per heavy atom. The van der Waals surface area contributed by atoms with Crippen LogP contribution in [0.3, 0.4) is 0 Å². The fraction of sp³-hybridized carbons (Fsp3) is 0.318. The van der Waals surface area contributed by atoms with Gasteiger partial charge in [-0.05, 0) is 61.4 Å². The van der Waals surface area contributed by atoms with Crippen LogP contribution in [-0.2, 0) is 16.8 Å². The summed E-state index contributed by atoms with van der Waals surface area (Å²) in [6.07, 6.45) is 2.27. The van der Waals surface area contributed by atoms with Gasteiger partial charge in [0, 0.05) is 5.56 Å². The van der Waals surface area contributed by atoms with Gasteiger partial charge in [0.15, 0.2) is 5.78 Å². The average Bonchev–Trinajstić information content (AvgIpc) is 2.89. The second-order valence-corrected chi connectivity index (χ2v) is 7.46. The van der Waals surface area contributed by atoms with E-state index in [1.165, 1.54) is 0 Å². The second-order valence-electron chi connectivity index (χ2n) is 7.46. The third-order valence-corrected chi connectivity index (χ3v) is 5.78. The number of amides is 3. The molecule has 1 fully saturated rings. The van der Waals surface area contributed by atoms with Gasteiger partial charge in [0.25, 0.3) is 5.91 Å². The first kappa shape index (κ1) is 17.5. The monoisotopic (exact) mass is 362 g/mol. The van der Waals surface area contributed by atoms with Crippen molar-refractivity contribution in [3.05, 3.63) is 70.3 Å². The first-order valence-electron chi connectivity index (χ1n) is 9.25. The van der Waals surface area contributed by atoms with Crippen LogP contribution in [0.4, 0.5) is 4.79 Å². The Balaban J connectivity index is 1.63. The van der Waals surface area contributed by atoms with E-state index in [1.54, 1.807) is 6.07 Å². The van der Waals surface area contributed by atoms with Crippen LogP contribution in [0.1, 0.15) is 45.5 Å². The van der Waals surface area contributed by atoms with Crippen LogP contribution in [0.5, 0.6) is 0 Å². The zero-order chi connectivity index (χ0) is 19.2. The Kier molecular flexibility index (Phi) is 4.10. The lowest BCUT2D eigenvalue weighted by Crippen LogP contribution is -2.46. The summed E-state index contributed by atoms with van der Waals surface area (Å²) in [5, 5.41) is 2.89. The first-order chi connectivity index (χ1) is 12.9. The zero-order valence-electron chi connectivity index (χ0n) is 15.5. The standard InChI is InChI=1S/C22H22N2O3/c1-14-9-10-17(12-15(14)2)19(25)13-24-20(26)22(23-21(24)27)11-5-7-16-6-3-4-8-18(16)22/h3-4,6,8-10,12H,5,7,11,13H2,1-2H3,(H,23,27)/t22-/m1/s1. The van der Waals surface area contributed by atoms with Crippen LogP contribution < -0.4 is 5.32 Å². The molecule has 1 aliphatic heterocycles. The highest BCUT2D eigenvalue weighted by Crippen LogP contribution is 2.39. The number of nitrogens with zero attached hydrogens (tertiary/aromatic N) is 1. The predicted molar refractivity (Wildman–Crippen MR) is 102 cm³/mol. The van der Waals surface area contributed by atoms with Crippen LogP contribution >= 0.6 is 0 Å². The molecule has 2 aliphatic rings. The Bertz CT molecular complexity index is 966. The largest absolute Gasteiger partial charge is 0.325 e. The highest BCUT2D eigenvalue weighted by atomic mass is 16.2. The van der Waals surface area contributed by atoms with Gasteiger partial charge in [-0.15, -0.1) is 0 Å². The fourth-order valence-corrected chi connectivity index (χ4v) is 4.10. The van der Waals surface area contributed by atoms with Crippen LogP contribution in [0, 0.1) is 13.8 Å². The number of fused-ring (bicyclic) bond motifs is 2. The maximum absolute atomic E-state index is 13.2. The molecule has 1 spiro atoms. The van der Waals surface area contributed by atoms with Gasteiger partial charge < -0.3 is 5.32 Å². The number of carbonyl (C=O) groups excluding carboxylic acids is 3. The van der Waals surface area contributed by atoms with E-state index < -0.39 is 11.6 Å². The van der Waals surface area contributed by atoms with Crippen molar-refractivity contribution in [2.75, 3.05) is 6.54 Å². The zero-order valence-corrected chi connectivity index (χ0v) is 15.5. The molecule has 4 rings (SSSR count). The number of nitrogens with one attached hydrogen (secondary N) is 1. The molecule has 2 aromatic rings. The number of aryl methyl sites for hydroxylation is 3. The summed E-state index contributed by atoms with van der Waals surface area (Å²) in [4.78, 5) is 39.6. The maximum Gasteiger partial charge on any atom is 0.325 e. The molecule has 1 N–H and O–H groups in total. The summed E-state index contributed by atoms with van der Waals surface area (Å²) >= 11 is 0. The van der Waals surface area contributed by atoms with Crippen LogP contribution in [0.25, 0.3) is 0 Å². The molecule has 0 bridgehead atoms. The molecular formula is C22H22N2O3. The number of Topliss-reactive ketones (excluding diaryl/α,β-unsaturated/α-hetero) is 1. The number of hydrogen-bond acceptors (Lipinski definition) is 3. The lowest BCUT2D eigenvalue weighted by atomic mass is 9.76. The Hall–Kier alpha value is -2.95. The van der Waals surface area contributed by atoms with Gasteiger partial charge in [-0.25, -0.2) is 4.79 Å². The molecule has 1 atom stereocenters. The van der Waals surface area contributed by atoms with E-state index in [1.807, 2.05) is 50.2 Å². The maximum atomic E-state index is 13.2. The molecule has 1 heterocycles. The van der Waals surface area contributed by atoms with Gasteiger partial charge in [0.1, 0.15) is 5.54 Å². The molecule has 5 heteroatoms. The van der Waals surface area contributed by atoms with Crippen molar-refractivity contribution in [1.82, 2.24) is 10.2 Å². The molecular weight excluding hydrogens is 340 g/mol. The summed E-state index contributed by atoms with van der Waals surface area (Å²) in [6.45, 7) is 3.68. The first-order valence-corrected chi connectivity index (χ1v) is 9.25. The van der Waals surface area contributed by atoms with Crippen molar-refractivity contribution < 1.29 is 14.4 Å². The van der Waals surface area contributed by atoms with E-state index in [4.69, 9.17) is 0 Å². The molecule has 1 aliphatic carbocycles. The number of urea groups is 1. The van der Waals surface area contributed by atoms with Gasteiger partial charge in [0.05, 0.1) is 6.54 Å². The lowest BCUT2D eigenvalue weighted by molar-refractivity contribution is -0.131. The third kappa shape index (κ3) is 2.74. The topological polar surface area (TPSA) is 66.5 Å². The molecule has 0 radical (unpaired) electrons. The third-order valence-electron chi connectivity index (χ3n) is 5.78. The highest BCUT2D eigenvalue weighted by Gasteiger charge is 2.54. The Morgan fingerprint density at radius 2 is 1.89 bits per heavy atom. The van der Waals surface area contributed by atoms with Crippen molar-refractivity contribution >= 4 is 17.7 Å². The summed E-state index contributed by atoms with van der Waals surface area (Å²) in [6, 6.07) is 12.7. The summed E-state index contributed by atoms with van der Waals surface area (Å²) in [5.41, 5.74) is 3.53. The average molecular weight is 362 g/mol. The van der Waals surface area contributed by atoms with Gasteiger partial charge in [0.2, 0.25) is 0 Å². The van der Waals surface area contributed by atoms with Gasteiger partial charge in [-0.2, -0.15) is 0 Å². The smallest absolute Gasteiger partial charge is 0.319 e. The van der Waals surface area contributed by atoms with Crippen LogP contribution in [-0.4, -0.2) is 29.2 Å². The van der Waals surface area contributed by atoms with Crippen molar-refractivity contribution in [3.63, 3.8) is 0 Å². The van der Waals surface area contributed by atoms with Gasteiger partial charge in [-0.3, -0.25) is 14.5 Å². The number of benzene rings is 2. The Labute approximate surface area is 158 Å². The van der Waals surface area contributed by atoms with Gasteiger partial charge >= 0.3 is 6.03 Å². The summed E-state index contributed by atoms with van der Waals surface area (Å²) in [7, 11) is 0. The molecule has 1 saturated heterocycles. The number of hydrogen-bond donors (Lipinski definition) is 1. The molecule has 0 saturated carbocycles. The minimum absolute atomic E-state index is 0.234. The molecule has 0 unspecified atom stereocenters. The van der Waals surface area contributed by atoms with E-state index >= 15 is 0 Å². The van der Waals surface area contributed by atoms with E-state index in [2.05, 4.69) is 5.32 Å². The van der Waals surface area contributed by atoms with E-state index in [-0.39, 0.29) is 18.2 Å². The van der Waals surface area contributed by atoms with Crippen molar-refractivity contribution in [3.8, 4) is 0 Å². The van der Waals surface area contributed by atoms with Crippen LogP contribution in [0.2, 0.25) is 0 Å². The van der Waals surface area contributed by atoms with E-state index in [9.17, 15) is 14.4 Å². The molecule has 27 heavy (non-hydrogen) atoms. The molecule has 5 nitrogen and oxygen atoms in total. The normalized spacial score (nSPS) is 21.3. The van der Waals surface area contributed by atoms with Crippen molar-refractivity contribution in [2.24, 2.45) is 0 Å². The molecule has 138 valence electrons. The highest BCUT2D eigenvalue weighted by molar-refractivity contribution is 6.11. The van der Waals surface area contributed by atoms with Gasteiger partial charge in [-0.1, -0.05) is 36.4 Å². The minimum atomic E-state index is -1.03. The van der Waals surface area contributed by atoms with E-state index in [0.717, 1.165) is 40.0 Å². The van der Waals surface area contributed by atoms with Crippen molar-refractivity contribution in [2.45, 2.75) is 38.6 Å². The quantitative estimate of drug-likeness (QED) is 0.673. The second kappa shape index (κ2) is 6.34. The molecule has 2 aromatic carbocycles. The molecule has 0 aromatic heterocycles. The molecule has 3 amide bonds. The predicted octanol–water partition coefficient (Wildman–Crippen LogP) is 3.27. The van der Waals surface area contributed by atoms with Crippen LogP contribution in [0.15, 0.2) is 42.5 Å². The fourth-order valence-electron chi connectivity index (χ4n) is 4.10. The minimum Gasteiger partial charge on any atom is -0.319 e. The Morgan fingerprint density at radius 3 is 2.67 bits per heavy atom. The van der Waals surface area contributed by atoms with Crippen molar-refractivity contribution in [1.29, 1.82) is 0 Å².